The Hall–Kier alpha value is -2.72. The second kappa shape index (κ2) is 5.18. The lowest BCUT2D eigenvalue weighted by Crippen LogP contribution is -1.94. The second-order valence-electron chi connectivity index (χ2n) is 5.47. The van der Waals surface area contributed by atoms with Gasteiger partial charge in [-0.2, -0.15) is 0 Å². The maximum atomic E-state index is 14.0. The Kier molecular flexibility index (Phi) is 3.13. The zero-order valence-electron chi connectivity index (χ0n) is 12.1. The van der Waals surface area contributed by atoms with Crippen molar-refractivity contribution in [1.82, 2.24) is 0 Å². The van der Waals surface area contributed by atoms with E-state index in [0.29, 0.717) is 23.3 Å². The molecule has 3 aromatic carbocycles. The molecule has 0 unspecified atom stereocenters. The summed E-state index contributed by atoms with van der Waals surface area (Å²) >= 11 is 0. The normalized spacial score (nSPS) is 11.4. The molecule has 1 heterocycles. The number of furan rings is 1. The van der Waals surface area contributed by atoms with Crippen LogP contribution in [0.4, 0.5) is 8.78 Å². The third-order valence-corrected chi connectivity index (χ3v) is 4.01. The predicted molar refractivity (Wildman–Crippen MR) is 87.0 cm³/mol. The highest BCUT2D eigenvalue weighted by molar-refractivity contribution is 6.06. The van der Waals surface area contributed by atoms with Gasteiger partial charge >= 0.3 is 0 Å². The van der Waals surface area contributed by atoms with Gasteiger partial charge in [-0.1, -0.05) is 12.1 Å². The van der Waals surface area contributed by atoms with E-state index in [9.17, 15) is 8.78 Å². The summed E-state index contributed by atoms with van der Waals surface area (Å²) in [5.74, 6) is -1.18. The first-order valence-electron chi connectivity index (χ1n) is 7.26. The van der Waals surface area contributed by atoms with Gasteiger partial charge in [0, 0.05) is 28.9 Å². The minimum Gasteiger partial charge on any atom is -0.456 e. The van der Waals surface area contributed by atoms with Gasteiger partial charge in [0.05, 0.1) is 0 Å². The van der Waals surface area contributed by atoms with Crippen LogP contribution in [0.5, 0.6) is 0 Å². The Morgan fingerprint density at radius 3 is 2.48 bits per heavy atom. The summed E-state index contributed by atoms with van der Waals surface area (Å²) < 4.78 is 32.9. The molecule has 4 rings (SSSR count). The van der Waals surface area contributed by atoms with Crippen LogP contribution in [0.3, 0.4) is 0 Å². The Bertz CT molecular complexity index is 1040. The molecule has 114 valence electrons. The Morgan fingerprint density at radius 1 is 0.826 bits per heavy atom. The molecule has 0 aliphatic heterocycles. The number of hydrogen-bond acceptors (Lipinski definition) is 2. The molecular weight excluding hydrogens is 296 g/mol. The van der Waals surface area contributed by atoms with Gasteiger partial charge in [-0.15, -0.1) is 0 Å². The largest absolute Gasteiger partial charge is 0.456 e. The van der Waals surface area contributed by atoms with Crippen molar-refractivity contribution in [2.24, 2.45) is 5.73 Å². The second-order valence-corrected chi connectivity index (χ2v) is 5.47. The topological polar surface area (TPSA) is 39.2 Å². The monoisotopic (exact) mass is 309 g/mol. The molecule has 0 bridgehead atoms. The van der Waals surface area contributed by atoms with Crippen molar-refractivity contribution >= 4 is 21.9 Å². The van der Waals surface area contributed by atoms with Crippen molar-refractivity contribution in [2.75, 3.05) is 0 Å². The van der Waals surface area contributed by atoms with Gasteiger partial charge in [0.2, 0.25) is 0 Å². The maximum absolute atomic E-state index is 14.0. The lowest BCUT2D eigenvalue weighted by Gasteiger charge is -2.03. The number of fused-ring (bicyclic) bond motifs is 3. The van der Waals surface area contributed by atoms with Gasteiger partial charge in [-0.05, 0) is 47.5 Å². The Balaban J connectivity index is 1.92. The van der Waals surface area contributed by atoms with E-state index in [1.165, 1.54) is 12.1 Å². The van der Waals surface area contributed by atoms with E-state index in [-0.39, 0.29) is 0 Å². The molecule has 0 aliphatic carbocycles. The molecule has 1 aromatic heterocycles. The molecule has 0 saturated heterocycles. The summed E-state index contributed by atoms with van der Waals surface area (Å²) in [6, 6.07) is 14.8. The lowest BCUT2D eigenvalue weighted by molar-refractivity contribution is 0.585. The molecule has 0 aliphatic rings. The minimum atomic E-state index is -0.592. The standard InChI is InChI=1S/C19H13F2NO/c20-13-3-5-14(17(21)9-13)12-2-4-15-16-7-11(10-22)1-6-18(16)23-19(15)8-12/h1-9H,10,22H2. The smallest absolute Gasteiger partial charge is 0.136 e. The fourth-order valence-electron chi connectivity index (χ4n) is 2.84. The van der Waals surface area contributed by atoms with Crippen molar-refractivity contribution in [3.05, 3.63) is 71.8 Å². The van der Waals surface area contributed by atoms with Crippen LogP contribution < -0.4 is 5.73 Å². The molecule has 0 spiro atoms. The number of nitrogens with two attached hydrogens (primary N) is 1. The summed E-state index contributed by atoms with van der Waals surface area (Å²) in [5.41, 5.74) is 9.11. The first kappa shape index (κ1) is 13.9. The molecule has 0 radical (unpaired) electrons. The molecule has 2 nitrogen and oxygen atoms in total. The number of benzene rings is 3. The van der Waals surface area contributed by atoms with Crippen LogP contribution in [0.25, 0.3) is 33.1 Å². The fourth-order valence-corrected chi connectivity index (χ4v) is 2.84. The van der Waals surface area contributed by atoms with Crippen molar-refractivity contribution in [3.8, 4) is 11.1 Å². The first-order valence-corrected chi connectivity index (χ1v) is 7.26. The fraction of sp³-hybridized carbons (Fsp3) is 0.0526. The maximum Gasteiger partial charge on any atom is 0.136 e. The van der Waals surface area contributed by atoms with Crippen LogP contribution in [0.1, 0.15) is 5.56 Å². The average Bonchev–Trinajstić information content (AvgIpc) is 2.91. The summed E-state index contributed by atoms with van der Waals surface area (Å²) in [4.78, 5) is 0. The summed E-state index contributed by atoms with van der Waals surface area (Å²) in [7, 11) is 0. The third-order valence-electron chi connectivity index (χ3n) is 4.01. The molecule has 23 heavy (non-hydrogen) atoms. The van der Waals surface area contributed by atoms with Gasteiger partial charge in [0.1, 0.15) is 22.8 Å². The highest BCUT2D eigenvalue weighted by Crippen LogP contribution is 2.33. The minimum absolute atomic E-state index is 0.344. The summed E-state index contributed by atoms with van der Waals surface area (Å²) in [5, 5.41) is 1.93. The summed E-state index contributed by atoms with van der Waals surface area (Å²) in [6.07, 6.45) is 0. The van der Waals surface area contributed by atoms with Crippen LogP contribution >= 0.6 is 0 Å². The van der Waals surface area contributed by atoms with Crippen LogP contribution in [-0.2, 0) is 6.54 Å². The van der Waals surface area contributed by atoms with Crippen LogP contribution in [0.2, 0.25) is 0 Å². The number of rotatable bonds is 2. The van der Waals surface area contributed by atoms with Crippen molar-refractivity contribution in [3.63, 3.8) is 0 Å². The Morgan fingerprint density at radius 2 is 1.70 bits per heavy atom. The van der Waals surface area contributed by atoms with E-state index in [0.717, 1.165) is 28.0 Å². The van der Waals surface area contributed by atoms with Crippen molar-refractivity contribution in [1.29, 1.82) is 0 Å². The SMILES string of the molecule is NCc1ccc2oc3cc(-c4ccc(F)cc4F)ccc3c2c1. The molecule has 4 aromatic rings. The van der Waals surface area contributed by atoms with E-state index in [1.807, 2.05) is 30.3 Å². The molecule has 0 amide bonds. The van der Waals surface area contributed by atoms with Gasteiger partial charge in [-0.3, -0.25) is 0 Å². The van der Waals surface area contributed by atoms with Crippen LogP contribution in [-0.4, -0.2) is 0 Å². The van der Waals surface area contributed by atoms with Gasteiger partial charge in [0.15, 0.2) is 0 Å². The van der Waals surface area contributed by atoms with E-state index >= 15 is 0 Å². The quantitative estimate of drug-likeness (QED) is 0.566. The van der Waals surface area contributed by atoms with Crippen LogP contribution in [0.15, 0.2) is 59.0 Å². The predicted octanol–water partition coefficient (Wildman–Crippen LogP) is 4.99. The van der Waals surface area contributed by atoms with Gasteiger partial charge < -0.3 is 10.2 Å². The molecule has 2 N–H and O–H groups in total. The molecule has 0 fully saturated rings. The lowest BCUT2D eigenvalue weighted by atomic mass is 10.0. The van der Waals surface area contributed by atoms with Gasteiger partial charge in [-0.25, -0.2) is 8.78 Å². The molecule has 0 saturated carbocycles. The van der Waals surface area contributed by atoms with E-state index in [4.69, 9.17) is 10.2 Å². The zero-order valence-corrected chi connectivity index (χ0v) is 12.1. The molecular formula is C19H13F2NO. The average molecular weight is 309 g/mol. The third kappa shape index (κ3) is 2.28. The molecule has 0 atom stereocenters. The molecule has 4 heteroatoms. The highest BCUT2D eigenvalue weighted by atomic mass is 19.1. The summed E-state index contributed by atoms with van der Waals surface area (Å²) in [6.45, 7) is 0.460. The number of halogens is 2. The Labute approximate surface area is 131 Å². The highest BCUT2D eigenvalue weighted by Gasteiger charge is 2.11. The number of hydrogen-bond donors (Lipinski definition) is 1. The van der Waals surface area contributed by atoms with E-state index in [1.54, 1.807) is 6.07 Å². The van der Waals surface area contributed by atoms with E-state index in [2.05, 4.69) is 0 Å². The van der Waals surface area contributed by atoms with Crippen molar-refractivity contribution < 1.29 is 13.2 Å². The van der Waals surface area contributed by atoms with Gasteiger partial charge in [0.25, 0.3) is 0 Å². The zero-order chi connectivity index (χ0) is 16.0. The van der Waals surface area contributed by atoms with Crippen LogP contribution in [0, 0.1) is 11.6 Å². The first-order chi connectivity index (χ1) is 11.2. The van der Waals surface area contributed by atoms with Crippen molar-refractivity contribution in [2.45, 2.75) is 6.54 Å². The van der Waals surface area contributed by atoms with E-state index < -0.39 is 11.6 Å².